The van der Waals surface area contributed by atoms with E-state index < -0.39 is 6.09 Å². The zero-order valence-electron chi connectivity index (χ0n) is 8.29. The largest absolute Gasteiger partial charge is 1.00 e. The number of aliphatic hydroxyl groups excluding tert-OH is 1. The topological polar surface area (TPSA) is 86.4 Å². The maximum Gasteiger partial charge on any atom is 0.131 e. The number of halogens is 1. The van der Waals surface area contributed by atoms with Crippen molar-refractivity contribution in [2.24, 2.45) is 5.73 Å². The normalized spacial score (nSPS) is 9.23. The summed E-state index contributed by atoms with van der Waals surface area (Å²) in [6, 6.07) is 0. The van der Waals surface area contributed by atoms with Gasteiger partial charge in [-0.15, -0.1) is 0 Å². The summed E-state index contributed by atoms with van der Waals surface area (Å²) >= 11 is 0. The van der Waals surface area contributed by atoms with E-state index in [1.54, 1.807) is 0 Å². The van der Waals surface area contributed by atoms with Gasteiger partial charge < -0.3 is 37.6 Å². The van der Waals surface area contributed by atoms with Crippen molar-refractivity contribution in [3.8, 4) is 0 Å². The van der Waals surface area contributed by atoms with E-state index in [1.165, 1.54) is 0 Å². The third-order valence-corrected chi connectivity index (χ3v) is 0.987. The number of nitrogens with zero attached hydrogens (tertiary/aromatic N) is 1. The Kier molecular flexibility index (Phi) is 13.5. The molecule has 0 spiro atoms. The second kappa shape index (κ2) is 9.57. The highest BCUT2D eigenvalue weighted by molar-refractivity contribution is 5.58. The van der Waals surface area contributed by atoms with E-state index in [2.05, 4.69) is 26.9 Å². The van der Waals surface area contributed by atoms with Gasteiger partial charge in [0.05, 0.1) is 27.7 Å². The second-order valence-electron chi connectivity index (χ2n) is 3.41. The number of carbonyl (C=O) groups excluding carboxylic acids is 1. The molecule has 82 valence electrons. The van der Waals surface area contributed by atoms with Crippen LogP contribution in [0, 0.1) is 0 Å². The van der Waals surface area contributed by atoms with Crippen LogP contribution in [0.5, 0.6) is 0 Å². The number of primary amides is 1. The number of carbonyl (C=O) groups is 1. The number of quaternary nitrogens is 1. The molecular weight excluding hydrogens is 196 g/mol. The van der Waals surface area contributed by atoms with Gasteiger partial charge in [-0.05, 0) is 0 Å². The van der Waals surface area contributed by atoms with Crippen LogP contribution in [0.3, 0.4) is 0 Å². The number of carboxylic acid groups (broad SMARTS) is 1. The molecule has 0 radical (unpaired) electrons. The minimum absolute atomic E-state index is 0. The molecule has 6 heteroatoms. The number of amides is 1. The van der Waals surface area contributed by atoms with Gasteiger partial charge in [0.25, 0.3) is 0 Å². The lowest BCUT2D eigenvalue weighted by Gasteiger charge is -2.22. The summed E-state index contributed by atoms with van der Waals surface area (Å²) in [5.41, 5.74) is 3.92. The predicted octanol–water partition coefficient (Wildman–Crippen LogP) is -4.63. The molecule has 0 aromatic carbocycles. The Morgan fingerprint density at radius 1 is 1.46 bits per heavy atom. The molecule has 0 atom stereocenters. The van der Waals surface area contributed by atoms with Crippen molar-refractivity contribution in [1.82, 2.24) is 0 Å². The van der Waals surface area contributed by atoms with Crippen LogP contribution in [-0.4, -0.2) is 50.0 Å². The minimum Gasteiger partial charge on any atom is -1.00 e. The lowest BCUT2D eigenvalue weighted by atomic mass is 10.4. The lowest BCUT2D eigenvalue weighted by Crippen LogP contribution is -3.00. The monoisotopic (exact) mass is 213 g/mol. The van der Waals surface area contributed by atoms with Crippen LogP contribution in [0.15, 0.2) is 0 Å². The van der Waals surface area contributed by atoms with Crippen molar-refractivity contribution < 1.29 is 31.9 Å². The summed E-state index contributed by atoms with van der Waals surface area (Å²) < 4.78 is 0.945. The van der Waals surface area contributed by atoms with Crippen LogP contribution in [0.4, 0.5) is 4.79 Å². The summed E-state index contributed by atoms with van der Waals surface area (Å²) in [6.07, 6.45) is -0.677. The fourth-order valence-corrected chi connectivity index (χ4v) is 0.545. The molecule has 0 aliphatic rings. The molecule has 0 rings (SSSR count). The molecule has 13 heavy (non-hydrogen) atoms. The number of rotatable bonds is 3. The zero-order chi connectivity index (χ0) is 10.2. The van der Waals surface area contributed by atoms with Gasteiger partial charge in [-0.1, -0.05) is 0 Å². The molecule has 1 amide bonds. The molecule has 0 unspecified atom stereocenters. The van der Waals surface area contributed by atoms with E-state index in [-0.39, 0.29) is 12.4 Å². The van der Waals surface area contributed by atoms with Crippen molar-refractivity contribution in [1.29, 1.82) is 0 Å². The average molecular weight is 214 g/mol. The van der Waals surface area contributed by atoms with Gasteiger partial charge >= 0.3 is 0 Å². The molecule has 0 heterocycles. The fourth-order valence-electron chi connectivity index (χ4n) is 0.545. The molecule has 0 bridgehead atoms. The summed E-state index contributed by atoms with van der Waals surface area (Å²) in [5.74, 6) is 0. The Morgan fingerprint density at radius 3 is 1.85 bits per heavy atom. The highest BCUT2D eigenvalue weighted by Crippen LogP contribution is 1.90. The first kappa shape index (κ1) is 18.3. The molecular formula is C7H18ClN2O3-. The van der Waals surface area contributed by atoms with Gasteiger partial charge in [0, 0.05) is 13.0 Å². The van der Waals surface area contributed by atoms with Crippen LogP contribution >= 0.6 is 0 Å². The van der Waals surface area contributed by atoms with Crippen LogP contribution in [0.25, 0.3) is 0 Å². The van der Waals surface area contributed by atoms with E-state index >= 15 is 0 Å². The maximum atomic E-state index is 8.67. The van der Waals surface area contributed by atoms with Gasteiger partial charge in [-0.25, -0.2) is 0 Å². The maximum absolute atomic E-state index is 8.67. The smallest absolute Gasteiger partial charge is 0.131 e. The van der Waals surface area contributed by atoms with Gasteiger partial charge in [-0.2, -0.15) is 0 Å². The Morgan fingerprint density at radius 2 is 1.77 bits per heavy atom. The Balaban J connectivity index is -0.000000173. The molecule has 0 aromatic rings. The third-order valence-electron chi connectivity index (χ3n) is 0.987. The van der Waals surface area contributed by atoms with Gasteiger partial charge in [-0.3, -0.25) is 0 Å². The number of hydrogen-bond donors (Lipinski definition) is 2. The molecule has 0 aliphatic carbocycles. The molecule has 0 saturated heterocycles. The van der Waals surface area contributed by atoms with Crippen LogP contribution in [0.2, 0.25) is 0 Å². The van der Waals surface area contributed by atoms with Crippen molar-refractivity contribution in [3.63, 3.8) is 0 Å². The lowest BCUT2D eigenvalue weighted by molar-refractivity contribution is -0.870. The van der Waals surface area contributed by atoms with Crippen molar-refractivity contribution in [2.45, 2.75) is 6.42 Å². The highest BCUT2D eigenvalue weighted by Gasteiger charge is 2.03. The van der Waals surface area contributed by atoms with E-state index in [9.17, 15) is 0 Å². The second-order valence-corrected chi connectivity index (χ2v) is 3.41. The molecule has 3 N–H and O–H groups in total. The standard InChI is InChI=1S/C6H16NO.CH3NO2.ClH/c1-7(2,3)5-4-6-8;2-1(3)4;/h8H,4-6H2,1-3H3;2H2,(H,3,4);1H/q+1;;/p-2. The molecule has 0 aromatic heterocycles. The van der Waals surface area contributed by atoms with Gasteiger partial charge in [0.1, 0.15) is 6.09 Å². The summed E-state index contributed by atoms with van der Waals surface area (Å²) in [6.45, 7) is 1.37. The molecule has 0 aliphatic heterocycles. The van der Waals surface area contributed by atoms with Gasteiger partial charge in [0.15, 0.2) is 0 Å². The predicted molar refractivity (Wildman–Crippen MR) is 44.2 cm³/mol. The van der Waals surface area contributed by atoms with E-state index in [0.717, 1.165) is 17.4 Å². The first-order chi connectivity index (χ1) is 5.29. The van der Waals surface area contributed by atoms with Crippen LogP contribution in [0.1, 0.15) is 6.42 Å². The molecule has 5 nitrogen and oxygen atoms in total. The number of nitrogens with two attached hydrogens (primary N) is 1. The van der Waals surface area contributed by atoms with E-state index in [1.807, 2.05) is 0 Å². The van der Waals surface area contributed by atoms with Gasteiger partial charge in [0.2, 0.25) is 0 Å². The Hall–Kier alpha value is -0.520. The summed E-state index contributed by atoms with van der Waals surface area (Å²) in [7, 11) is 6.36. The summed E-state index contributed by atoms with van der Waals surface area (Å²) in [5, 5.41) is 17.1. The van der Waals surface area contributed by atoms with Crippen LogP contribution < -0.4 is 23.2 Å². The summed E-state index contributed by atoms with van der Waals surface area (Å²) in [4.78, 5) is 8.67. The van der Waals surface area contributed by atoms with Crippen molar-refractivity contribution in [2.75, 3.05) is 34.3 Å². The average Bonchev–Trinajstić information content (AvgIpc) is 1.80. The van der Waals surface area contributed by atoms with E-state index in [4.69, 9.17) is 15.0 Å². The first-order valence-electron chi connectivity index (χ1n) is 3.67. The zero-order valence-corrected chi connectivity index (χ0v) is 9.04. The Labute approximate surface area is 85.1 Å². The Bertz CT molecular complexity index is 121. The van der Waals surface area contributed by atoms with Crippen molar-refractivity contribution >= 4 is 6.09 Å². The SMILES string of the molecule is C[N+](C)(C)CCCO.NC(=O)[O-].[Cl-]. The molecule has 0 fully saturated rings. The minimum atomic E-state index is -1.58. The van der Waals surface area contributed by atoms with Crippen LogP contribution in [-0.2, 0) is 0 Å². The first-order valence-corrected chi connectivity index (χ1v) is 3.67. The fraction of sp³-hybridized carbons (Fsp3) is 0.857. The molecule has 0 saturated carbocycles. The quantitative estimate of drug-likeness (QED) is 0.463. The highest BCUT2D eigenvalue weighted by atomic mass is 35.5. The third kappa shape index (κ3) is 51.4. The van der Waals surface area contributed by atoms with Crippen molar-refractivity contribution in [3.05, 3.63) is 0 Å². The number of aliphatic hydroxyl groups is 1. The number of hydrogen-bond acceptors (Lipinski definition) is 3. The van der Waals surface area contributed by atoms with E-state index in [0.29, 0.717) is 6.61 Å².